The summed E-state index contributed by atoms with van der Waals surface area (Å²) in [6, 6.07) is 0. The Kier molecular flexibility index (Phi) is 1.90. The minimum absolute atomic E-state index is 0.135. The van der Waals surface area contributed by atoms with Gasteiger partial charge in [0.15, 0.2) is 0 Å². The van der Waals surface area contributed by atoms with Crippen molar-refractivity contribution in [3.05, 3.63) is 0 Å². The summed E-state index contributed by atoms with van der Waals surface area (Å²) in [7, 11) is 0. The molecule has 2 aliphatic rings. The molecule has 2 fully saturated rings. The first kappa shape index (κ1) is 8.48. The molecule has 0 unspecified atom stereocenters. The average molecular weight is 171 g/mol. The Balaban J connectivity index is 1.92. The van der Waals surface area contributed by atoms with Crippen molar-refractivity contribution in [1.29, 1.82) is 0 Å². The number of hydrogen-bond acceptors (Lipinski definition) is 3. The molecule has 0 aromatic heterocycles. The summed E-state index contributed by atoms with van der Waals surface area (Å²) in [5.41, 5.74) is 6.08. The quantitative estimate of drug-likeness (QED) is 0.595. The van der Waals surface area contributed by atoms with Crippen LogP contribution in [-0.4, -0.2) is 30.5 Å². The second-order valence-corrected chi connectivity index (χ2v) is 4.49. The summed E-state index contributed by atoms with van der Waals surface area (Å²) in [5, 5.41) is 9.00. The first-order valence-corrected chi connectivity index (χ1v) is 4.66. The number of rotatable bonds is 1. The average Bonchev–Trinajstić information content (AvgIpc) is 2.04. The van der Waals surface area contributed by atoms with Crippen LogP contribution in [0, 0.1) is 5.41 Å². The standard InChI is InChI=1S/C9H17NO2/c10-9(7-11)5-8(6-9)1-3-12-4-2-8/h11H,1-7,10H2. The molecule has 2 rings (SSSR count). The molecule has 12 heavy (non-hydrogen) atoms. The van der Waals surface area contributed by atoms with E-state index in [0.29, 0.717) is 5.41 Å². The van der Waals surface area contributed by atoms with Crippen LogP contribution in [0.5, 0.6) is 0 Å². The van der Waals surface area contributed by atoms with Gasteiger partial charge in [0.05, 0.1) is 6.61 Å². The maximum atomic E-state index is 9.00. The van der Waals surface area contributed by atoms with Crippen molar-refractivity contribution in [2.24, 2.45) is 11.1 Å². The van der Waals surface area contributed by atoms with Gasteiger partial charge in [0, 0.05) is 18.8 Å². The Morgan fingerprint density at radius 1 is 1.25 bits per heavy atom. The van der Waals surface area contributed by atoms with Crippen molar-refractivity contribution < 1.29 is 9.84 Å². The predicted molar refractivity (Wildman–Crippen MR) is 45.7 cm³/mol. The number of nitrogens with two attached hydrogens (primary N) is 1. The summed E-state index contributed by atoms with van der Waals surface area (Å²) in [6.45, 7) is 1.89. The highest BCUT2D eigenvalue weighted by Gasteiger charge is 2.52. The molecule has 1 spiro atoms. The molecule has 0 aromatic carbocycles. The minimum atomic E-state index is -0.267. The Morgan fingerprint density at radius 2 is 1.83 bits per heavy atom. The fraction of sp³-hybridized carbons (Fsp3) is 1.00. The number of hydrogen-bond donors (Lipinski definition) is 2. The van der Waals surface area contributed by atoms with Crippen LogP contribution >= 0.6 is 0 Å². The van der Waals surface area contributed by atoms with Gasteiger partial charge < -0.3 is 15.6 Å². The molecular formula is C9H17NO2. The molecule has 70 valence electrons. The van der Waals surface area contributed by atoms with Crippen LogP contribution in [0.3, 0.4) is 0 Å². The molecule has 0 radical (unpaired) electrons. The van der Waals surface area contributed by atoms with Crippen LogP contribution in [0.4, 0.5) is 0 Å². The molecule has 0 aromatic rings. The lowest BCUT2D eigenvalue weighted by molar-refractivity contribution is -0.0842. The molecule has 0 amide bonds. The van der Waals surface area contributed by atoms with Gasteiger partial charge in [0.2, 0.25) is 0 Å². The second-order valence-electron chi connectivity index (χ2n) is 4.49. The maximum Gasteiger partial charge on any atom is 0.0611 e. The zero-order valence-electron chi connectivity index (χ0n) is 7.38. The predicted octanol–water partition coefficient (Wildman–Crippen LogP) is 0.267. The third kappa shape index (κ3) is 1.26. The number of aliphatic hydroxyl groups is 1. The molecule has 1 aliphatic heterocycles. The van der Waals surface area contributed by atoms with E-state index in [4.69, 9.17) is 15.6 Å². The monoisotopic (exact) mass is 171 g/mol. The molecule has 0 bridgehead atoms. The summed E-state index contributed by atoms with van der Waals surface area (Å²) in [4.78, 5) is 0. The van der Waals surface area contributed by atoms with Gasteiger partial charge in [-0.2, -0.15) is 0 Å². The van der Waals surface area contributed by atoms with Crippen LogP contribution in [-0.2, 0) is 4.74 Å². The highest BCUT2D eigenvalue weighted by molar-refractivity contribution is 5.07. The van der Waals surface area contributed by atoms with E-state index in [9.17, 15) is 0 Å². The smallest absolute Gasteiger partial charge is 0.0611 e. The summed E-state index contributed by atoms with van der Waals surface area (Å²) >= 11 is 0. The van der Waals surface area contributed by atoms with Gasteiger partial charge in [-0.1, -0.05) is 0 Å². The second kappa shape index (κ2) is 2.69. The highest BCUT2D eigenvalue weighted by Crippen LogP contribution is 2.52. The molecule has 1 heterocycles. The van der Waals surface area contributed by atoms with E-state index in [0.717, 1.165) is 38.9 Å². The zero-order valence-corrected chi connectivity index (χ0v) is 7.38. The van der Waals surface area contributed by atoms with Gasteiger partial charge in [0.1, 0.15) is 0 Å². The van der Waals surface area contributed by atoms with Crippen LogP contribution in [0.15, 0.2) is 0 Å². The third-order valence-electron chi connectivity index (χ3n) is 3.32. The molecule has 0 atom stereocenters. The van der Waals surface area contributed by atoms with Crippen molar-refractivity contribution in [3.8, 4) is 0 Å². The van der Waals surface area contributed by atoms with Crippen LogP contribution in [0.1, 0.15) is 25.7 Å². The third-order valence-corrected chi connectivity index (χ3v) is 3.32. The van der Waals surface area contributed by atoms with E-state index < -0.39 is 0 Å². The topological polar surface area (TPSA) is 55.5 Å². The Morgan fingerprint density at radius 3 is 2.33 bits per heavy atom. The van der Waals surface area contributed by atoms with Gasteiger partial charge in [-0.3, -0.25) is 0 Å². The Labute approximate surface area is 72.9 Å². The summed E-state index contributed by atoms with van der Waals surface area (Å²) < 4.78 is 5.30. The fourth-order valence-electron chi connectivity index (χ4n) is 2.71. The number of aliphatic hydroxyl groups excluding tert-OH is 1. The van der Waals surface area contributed by atoms with Crippen molar-refractivity contribution >= 4 is 0 Å². The summed E-state index contributed by atoms with van der Waals surface area (Å²) in [6.07, 6.45) is 4.23. The molecule has 1 saturated carbocycles. The zero-order chi connectivity index (χ0) is 8.66. The first-order valence-electron chi connectivity index (χ1n) is 4.66. The Bertz CT molecular complexity index is 167. The summed E-state index contributed by atoms with van der Waals surface area (Å²) in [5.74, 6) is 0. The van der Waals surface area contributed by atoms with E-state index in [2.05, 4.69) is 0 Å². The van der Waals surface area contributed by atoms with E-state index in [1.807, 2.05) is 0 Å². The molecule has 3 nitrogen and oxygen atoms in total. The normalized spacial score (nSPS) is 31.5. The van der Waals surface area contributed by atoms with Crippen molar-refractivity contribution in [3.63, 3.8) is 0 Å². The van der Waals surface area contributed by atoms with Crippen LogP contribution in [0.25, 0.3) is 0 Å². The molecular weight excluding hydrogens is 154 g/mol. The lowest BCUT2D eigenvalue weighted by Gasteiger charge is -2.55. The molecule has 1 saturated heterocycles. The van der Waals surface area contributed by atoms with Crippen molar-refractivity contribution in [1.82, 2.24) is 0 Å². The van der Waals surface area contributed by atoms with E-state index in [-0.39, 0.29) is 12.1 Å². The van der Waals surface area contributed by atoms with Crippen molar-refractivity contribution in [2.45, 2.75) is 31.2 Å². The fourth-order valence-corrected chi connectivity index (χ4v) is 2.71. The minimum Gasteiger partial charge on any atom is -0.394 e. The highest BCUT2D eigenvalue weighted by atomic mass is 16.5. The van der Waals surface area contributed by atoms with Gasteiger partial charge in [0.25, 0.3) is 0 Å². The van der Waals surface area contributed by atoms with E-state index in [1.54, 1.807) is 0 Å². The maximum absolute atomic E-state index is 9.00. The molecule has 3 N–H and O–H groups in total. The Hall–Kier alpha value is -0.120. The van der Waals surface area contributed by atoms with E-state index >= 15 is 0 Å². The first-order chi connectivity index (χ1) is 5.68. The lowest BCUT2D eigenvalue weighted by atomic mass is 9.55. The van der Waals surface area contributed by atoms with Crippen molar-refractivity contribution in [2.75, 3.05) is 19.8 Å². The van der Waals surface area contributed by atoms with Gasteiger partial charge in [-0.15, -0.1) is 0 Å². The lowest BCUT2D eigenvalue weighted by Crippen LogP contribution is -2.61. The van der Waals surface area contributed by atoms with E-state index in [1.165, 1.54) is 0 Å². The van der Waals surface area contributed by atoms with Gasteiger partial charge >= 0.3 is 0 Å². The van der Waals surface area contributed by atoms with Gasteiger partial charge in [-0.25, -0.2) is 0 Å². The largest absolute Gasteiger partial charge is 0.394 e. The van der Waals surface area contributed by atoms with Crippen LogP contribution < -0.4 is 5.73 Å². The van der Waals surface area contributed by atoms with Crippen LogP contribution in [0.2, 0.25) is 0 Å². The van der Waals surface area contributed by atoms with Gasteiger partial charge in [-0.05, 0) is 31.1 Å². The molecule has 3 heteroatoms. The number of ether oxygens (including phenoxy) is 1. The SMILES string of the molecule is NC1(CO)CC2(CCOCC2)C1. The molecule has 1 aliphatic carbocycles.